The van der Waals surface area contributed by atoms with Crippen LogP contribution in [0, 0.1) is 0 Å². The summed E-state index contributed by atoms with van der Waals surface area (Å²) in [7, 11) is 0. The molecule has 0 aromatic rings. The zero-order valence-corrected chi connectivity index (χ0v) is 7.93. The Balaban J connectivity index is 2.43. The quantitative estimate of drug-likeness (QED) is 0.346. The van der Waals surface area contributed by atoms with Crippen molar-refractivity contribution in [1.29, 1.82) is 0 Å². The molecule has 4 nitrogen and oxygen atoms in total. The predicted molar refractivity (Wildman–Crippen MR) is 48.3 cm³/mol. The van der Waals surface area contributed by atoms with Crippen LogP contribution in [-0.4, -0.2) is 39.4 Å². The van der Waals surface area contributed by atoms with Crippen molar-refractivity contribution >= 4 is 23.5 Å². The maximum atomic E-state index is 11.5. The standard InChI is InChI=1S/C8H9NO3S/c1-4(10)6-7(11)5-2-13-3-9(5)8(6)12/h5,10H,2-3H2,1H3/b6-4+/t5-/m1/s1. The molecular formula is C8H9NO3S. The fraction of sp³-hybridized carbons (Fsp3) is 0.500. The molecule has 1 N–H and O–H groups in total. The van der Waals surface area contributed by atoms with Gasteiger partial charge in [-0.3, -0.25) is 9.59 Å². The minimum atomic E-state index is -0.324. The van der Waals surface area contributed by atoms with Gasteiger partial charge in [0.1, 0.15) is 17.4 Å². The molecule has 0 bridgehead atoms. The maximum absolute atomic E-state index is 11.5. The first-order chi connectivity index (χ1) is 6.13. The van der Waals surface area contributed by atoms with Crippen LogP contribution in [0.15, 0.2) is 11.3 Å². The summed E-state index contributed by atoms with van der Waals surface area (Å²) in [6.45, 7) is 1.38. The van der Waals surface area contributed by atoms with E-state index in [-0.39, 0.29) is 29.1 Å². The molecule has 2 saturated heterocycles. The molecule has 0 spiro atoms. The van der Waals surface area contributed by atoms with Crippen LogP contribution in [0.2, 0.25) is 0 Å². The van der Waals surface area contributed by atoms with E-state index in [0.717, 1.165) is 0 Å². The molecule has 2 aliphatic rings. The molecule has 2 rings (SSSR count). The number of amides is 1. The number of allylic oxidation sites excluding steroid dienone is 1. The van der Waals surface area contributed by atoms with Gasteiger partial charge in [-0.25, -0.2) is 0 Å². The molecule has 2 fully saturated rings. The van der Waals surface area contributed by atoms with E-state index in [9.17, 15) is 9.59 Å². The van der Waals surface area contributed by atoms with Gasteiger partial charge < -0.3 is 10.0 Å². The van der Waals surface area contributed by atoms with Crippen LogP contribution in [0.5, 0.6) is 0 Å². The van der Waals surface area contributed by atoms with Crippen LogP contribution in [0.1, 0.15) is 6.92 Å². The molecule has 0 saturated carbocycles. The average molecular weight is 199 g/mol. The van der Waals surface area contributed by atoms with E-state index in [0.29, 0.717) is 11.6 Å². The van der Waals surface area contributed by atoms with Gasteiger partial charge in [-0.1, -0.05) is 0 Å². The van der Waals surface area contributed by atoms with Crippen LogP contribution >= 0.6 is 11.8 Å². The molecule has 0 radical (unpaired) electrons. The number of fused-ring (bicyclic) bond motifs is 1. The minimum absolute atomic E-state index is 0.0229. The normalized spacial score (nSPS) is 31.2. The van der Waals surface area contributed by atoms with Gasteiger partial charge in [-0.2, -0.15) is 0 Å². The molecule has 0 unspecified atom stereocenters. The van der Waals surface area contributed by atoms with Gasteiger partial charge in [0.2, 0.25) is 0 Å². The first-order valence-corrected chi connectivity index (χ1v) is 5.11. The highest BCUT2D eigenvalue weighted by Gasteiger charge is 2.47. The second kappa shape index (κ2) is 2.77. The topological polar surface area (TPSA) is 57.6 Å². The van der Waals surface area contributed by atoms with Gasteiger partial charge in [0.05, 0.1) is 5.88 Å². The van der Waals surface area contributed by atoms with E-state index in [1.165, 1.54) is 11.8 Å². The third-order valence-electron chi connectivity index (χ3n) is 2.27. The van der Waals surface area contributed by atoms with Crippen molar-refractivity contribution in [2.75, 3.05) is 11.6 Å². The number of ketones is 1. The average Bonchev–Trinajstić information content (AvgIpc) is 2.56. The number of aliphatic hydroxyl groups is 1. The van der Waals surface area contributed by atoms with Gasteiger partial charge in [0, 0.05) is 5.75 Å². The zero-order chi connectivity index (χ0) is 9.59. The highest BCUT2D eigenvalue weighted by atomic mass is 32.2. The molecule has 13 heavy (non-hydrogen) atoms. The molecule has 2 heterocycles. The van der Waals surface area contributed by atoms with Crippen molar-refractivity contribution in [3.8, 4) is 0 Å². The van der Waals surface area contributed by atoms with E-state index in [2.05, 4.69) is 0 Å². The van der Waals surface area contributed by atoms with Crippen LogP contribution in [0.4, 0.5) is 0 Å². The number of carbonyl (C=O) groups excluding carboxylic acids is 2. The summed E-state index contributed by atoms with van der Waals surface area (Å²) < 4.78 is 0. The monoisotopic (exact) mass is 199 g/mol. The third kappa shape index (κ3) is 1.07. The Hall–Kier alpha value is -0.970. The first-order valence-electron chi connectivity index (χ1n) is 3.95. The number of aliphatic hydroxyl groups excluding tert-OH is 1. The molecule has 0 aromatic carbocycles. The first kappa shape index (κ1) is 8.62. The lowest BCUT2D eigenvalue weighted by molar-refractivity contribution is -0.125. The smallest absolute Gasteiger partial charge is 0.262 e. The maximum Gasteiger partial charge on any atom is 0.262 e. The Kier molecular flexibility index (Phi) is 1.83. The Morgan fingerprint density at radius 2 is 2.31 bits per heavy atom. The van der Waals surface area contributed by atoms with Crippen molar-refractivity contribution in [3.05, 3.63) is 11.3 Å². The number of carbonyl (C=O) groups is 2. The Bertz CT molecular complexity index is 295. The number of hydrogen-bond donors (Lipinski definition) is 1. The van der Waals surface area contributed by atoms with E-state index in [1.54, 1.807) is 11.8 Å². The molecule has 1 amide bonds. The summed E-state index contributed by atoms with van der Waals surface area (Å²) >= 11 is 1.57. The summed E-state index contributed by atoms with van der Waals surface area (Å²) in [5.41, 5.74) is -0.0229. The van der Waals surface area contributed by atoms with Crippen LogP contribution in [0.25, 0.3) is 0 Å². The predicted octanol–water partition coefficient (Wildman–Crippen LogP) is 0.303. The Labute approximate surface area is 79.6 Å². The minimum Gasteiger partial charge on any atom is -0.512 e. The lowest BCUT2D eigenvalue weighted by Crippen LogP contribution is -2.30. The van der Waals surface area contributed by atoms with E-state index in [4.69, 9.17) is 5.11 Å². The van der Waals surface area contributed by atoms with E-state index >= 15 is 0 Å². The van der Waals surface area contributed by atoms with Crippen molar-refractivity contribution in [2.24, 2.45) is 0 Å². The molecular weight excluding hydrogens is 190 g/mol. The number of hydrogen-bond acceptors (Lipinski definition) is 4. The number of rotatable bonds is 0. The fourth-order valence-electron chi connectivity index (χ4n) is 1.61. The molecule has 5 heteroatoms. The molecule has 2 aliphatic heterocycles. The van der Waals surface area contributed by atoms with Crippen molar-refractivity contribution in [1.82, 2.24) is 4.90 Å². The summed E-state index contributed by atoms with van der Waals surface area (Å²) in [5, 5.41) is 9.15. The second-order valence-electron chi connectivity index (χ2n) is 3.12. The largest absolute Gasteiger partial charge is 0.512 e. The fourth-order valence-corrected chi connectivity index (χ4v) is 2.76. The number of thioether (sulfide) groups is 1. The van der Waals surface area contributed by atoms with Crippen molar-refractivity contribution in [3.63, 3.8) is 0 Å². The molecule has 1 atom stereocenters. The summed E-state index contributed by atoms with van der Waals surface area (Å²) in [6, 6.07) is -0.324. The second-order valence-corrected chi connectivity index (χ2v) is 4.12. The van der Waals surface area contributed by atoms with Crippen LogP contribution in [-0.2, 0) is 9.59 Å². The highest BCUT2D eigenvalue weighted by molar-refractivity contribution is 7.99. The van der Waals surface area contributed by atoms with Gasteiger partial charge in [-0.05, 0) is 6.92 Å². The molecule has 70 valence electrons. The van der Waals surface area contributed by atoms with Gasteiger partial charge in [-0.15, -0.1) is 11.8 Å². The highest BCUT2D eigenvalue weighted by Crippen LogP contribution is 2.31. The SMILES string of the molecule is C/C(O)=C1/C(=O)[C@H]2CSCN2C1=O. The Morgan fingerprint density at radius 3 is 2.85 bits per heavy atom. The van der Waals surface area contributed by atoms with Gasteiger partial charge >= 0.3 is 0 Å². The van der Waals surface area contributed by atoms with E-state index in [1.807, 2.05) is 0 Å². The van der Waals surface area contributed by atoms with Gasteiger partial charge in [0.15, 0.2) is 5.78 Å². The number of nitrogens with zero attached hydrogens (tertiary/aromatic N) is 1. The van der Waals surface area contributed by atoms with Gasteiger partial charge in [0.25, 0.3) is 5.91 Å². The Morgan fingerprint density at radius 1 is 1.62 bits per heavy atom. The van der Waals surface area contributed by atoms with Crippen molar-refractivity contribution < 1.29 is 14.7 Å². The number of Topliss-reactive ketones (excluding diaryl/α,β-unsaturated/α-hetero) is 1. The summed E-state index contributed by atoms with van der Waals surface area (Å²) in [4.78, 5) is 24.6. The summed E-state index contributed by atoms with van der Waals surface area (Å²) in [6.07, 6.45) is 0. The lowest BCUT2D eigenvalue weighted by atomic mass is 10.1. The van der Waals surface area contributed by atoms with Crippen molar-refractivity contribution in [2.45, 2.75) is 13.0 Å². The van der Waals surface area contributed by atoms with E-state index < -0.39 is 0 Å². The lowest BCUT2D eigenvalue weighted by Gasteiger charge is -2.09. The third-order valence-corrected chi connectivity index (χ3v) is 3.28. The molecule has 0 aliphatic carbocycles. The molecule has 0 aromatic heterocycles. The van der Waals surface area contributed by atoms with Crippen LogP contribution in [0.3, 0.4) is 0 Å². The van der Waals surface area contributed by atoms with Crippen LogP contribution < -0.4 is 0 Å². The summed E-state index contributed by atoms with van der Waals surface area (Å²) in [5.74, 6) is 0.511. The zero-order valence-electron chi connectivity index (χ0n) is 7.11.